The van der Waals surface area contributed by atoms with Crippen LogP contribution in [0.15, 0.2) is 78.0 Å². The van der Waals surface area contributed by atoms with Crippen LogP contribution in [0.25, 0.3) is 11.3 Å². The number of aryl methyl sites for hydroxylation is 1. The van der Waals surface area contributed by atoms with Crippen LogP contribution in [-0.4, -0.2) is 29.3 Å². The summed E-state index contributed by atoms with van der Waals surface area (Å²) in [7, 11) is 4.06. The van der Waals surface area contributed by atoms with Crippen LogP contribution >= 0.6 is 11.8 Å². The van der Waals surface area contributed by atoms with Crippen molar-refractivity contribution in [2.45, 2.75) is 24.1 Å². The number of aromatic nitrogens is 3. The minimum Gasteiger partial charge on any atom is -0.448 e. The van der Waals surface area contributed by atoms with Crippen LogP contribution in [0.1, 0.15) is 22.9 Å². The molecule has 166 valence electrons. The SMILES string of the molecule is Cc1ccc(CSc2nnc3c(n2)O[C@@H](c2ccc(N(C)C)cc2)Nc2ccccc2-3)cc1. The lowest BCUT2D eigenvalue weighted by molar-refractivity contribution is 0.225. The van der Waals surface area contributed by atoms with E-state index in [1.165, 1.54) is 11.1 Å². The number of fused-ring (bicyclic) bond motifs is 3. The van der Waals surface area contributed by atoms with Crippen molar-refractivity contribution >= 4 is 23.1 Å². The fraction of sp³-hybridized carbons (Fsp3) is 0.192. The van der Waals surface area contributed by atoms with Gasteiger partial charge < -0.3 is 15.0 Å². The van der Waals surface area contributed by atoms with Crippen molar-refractivity contribution in [1.29, 1.82) is 0 Å². The lowest BCUT2D eigenvalue weighted by Gasteiger charge is -2.20. The average molecular weight is 456 g/mol. The Balaban J connectivity index is 1.46. The van der Waals surface area contributed by atoms with Gasteiger partial charge in [0, 0.05) is 42.3 Å². The zero-order valence-electron chi connectivity index (χ0n) is 18.8. The maximum Gasteiger partial charge on any atom is 0.247 e. The summed E-state index contributed by atoms with van der Waals surface area (Å²) in [6.07, 6.45) is -0.393. The van der Waals surface area contributed by atoms with Gasteiger partial charge in [-0.05, 0) is 30.7 Å². The lowest BCUT2D eigenvalue weighted by Crippen LogP contribution is -2.17. The van der Waals surface area contributed by atoms with Crippen LogP contribution in [0, 0.1) is 6.92 Å². The Morgan fingerprint density at radius 2 is 1.70 bits per heavy atom. The Bertz CT molecular complexity index is 1260. The molecule has 0 unspecified atom stereocenters. The fourth-order valence-electron chi connectivity index (χ4n) is 3.64. The molecular weight excluding hydrogens is 430 g/mol. The molecule has 1 aromatic heterocycles. The van der Waals surface area contributed by atoms with Gasteiger partial charge in [0.25, 0.3) is 0 Å². The van der Waals surface area contributed by atoms with E-state index in [1.807, 2.05) is 38.4 Å². The molecule has 1 aliphatic rings. The van der Waals surface area contributed by atoms with Gasteiger partial charge in [0.05, 0.1) is 0 Å². The predicted molar refractivity (Wildman–Crippen MR) is 134 cm³/mol. The minimum atomic E-state index is -0.393. The van der Waals surface area contributed by atoms with Crippen molar-refractivity contribution in [2.75, 3.05) is 24.3 Å². The number of para-hydroxylation sites is 1. The second-order valence-corrected chi connectivity index (χ2v) is 9.14. The number of thioether (sulfide) groups is 1. The highest BCUT2D eigenvalue weighted by Crippen LogP contribution is 2.39. The van der Waals surface area contributed by atoms with Crippen LogP contribution in [0.4, 0.5) is 11.4 Å². The van der Waals surface area contributed by atoms with Crippen molar-refractivity contribution in [3.63, 3.8) is 0 Å². The third kappa shape index (κ3) is 4.64. The summed E-state index contributed by atoms with van der Waals surface area (Å²) >= 11 is 1.55. The number of rotatable bonds is 5. The van der Waals surface area contributed by atoms with Gasteiger partial charge in [-0.25, -0.2) is 0 Å². The van der Waals surface area contributed by atoms with Crippen molar-refractivity contribution in [1.82, 2.24) is 15.2 Å². The number of nitrogens with one attached hydrogen (secondary N) is 1. The molecule has 4 aromatic rings. The normalized spacial score (nSPS) is 14.3. The monoisotopic (exact) mass is 455 g/mol. The van der Waals surface area contributed by atoms with E-state index in [4.69, 9.17) is 9.72 Å². The standard InChI is InChI=1S/C26H25N5OS/c1-17-8-10-18(11-9-17)16-33-26-28-25-23(29-30-26)21-6-4-5-7-22(21)27-24(32-25)19-12-14-20(15-13-19)31(2)3/h4-15,24,27H,16H2,1-3H3/t24-/m0/s1. The molecule has 2 heterocycles. The molecule has 0 bridgehead atoms. The van der Waals surface area contributed by atoms with Gasteiger partial charge in [0.1, 0.15) is 0 Å². The first-order valence-corrected chi connectivity index (χ1v) is 11.8. The number of benzene rings is 3. The van der Waals surface area contributed by atoms with Gasteiger partial charge in [-0.1, -0.05) is 71.9 Å². The Labute approximate surface area is 198 Å². The maximum absolute atomic E-state index is 6.38. The van der Waals surface area contributed by atoms with Crippen LogP contribution in [0.2, 0.25) is 0 Å². The Hall–Kier alpha value is -3.58. The zero-order chi connectivity index (χ0) is 22.8. The Morgan fingerprint density at radius 1 is 0.939 bits per heavy atom. The quantitative estimate of drug-likeness (QED) is 0.387. The molecule has 0 aliphatic carbocycles. The minimum absolute atomic E-state index is 0.393. The van der Waals surface area contributed by atoms with Gasteiger partial charge in [-0.3, -0.25) is 0 Å². The van der Waals surface area contributed by atoms with E-state index in [9.17, 15) is 0 Å². The number of ether oxygens (including phenoxy) is 1. The van der Waals surface area contributed by atoms with Gasteiger partial charge in [-0.2, -0.15) is 4.98 Å². The molecule has 6 nitrogen and oxygen atoms in total. The molecule has 33 heavy (non-hydrogen) atoms. The average Bonchev–Trinajstić information content (AvgIpc) is 3.00. The van der Waals surface area contributed by atoms with Crippen LogP contribution in [0.3, 0.4) is 0 Å². The smallest absolute Gasteiger partial charge is 0.247 e. The molecule has 0 saturated heterocycles. The number of hydrogen-bond acceptors (Lipinski definition) is 7. The number of nitrogens with zero attached hydrogens (tertiary/aromatic N) is 4. The molecule has 0 saturated carbocycles. The van der Waals surface area contributed by atoms with E-state index in [2.05, 4.69) is 75.9 Å². The third-order valence-electron chi connectivity index (χ3n) is 5.53. The van der Waals surface area contributed by atoms with Crippen molar-refractivity contribution in [3.8, 4) is 17.1 Å². The first-order chi connectivity index (χ1) is 16.1. The predicted octanol–water partition coefficient (Wildman–Crippen LogP) is 5.71. The lowest BCUT2D eigenvalue weighted by atomic mass is 10.1. The van der Waals surface area contributed by atoms with Gasteiger partial charge >= 0.3 is 0 Å². The number of anilines is 2. The van der Waals surface area contributed by atoms with Crippen molar-refractivity contribution < 1.29 is 4.74 Å². The highest BCUT2D eigenvalue weighted by molar-refractivity contribution is 7.98. The largest absolute Gasteiger partial charge is 0.448 e. The van der Waals surface area contributed by atoms with Crippen molar-refractivity contribution in [3.05, 3.63) is 89.5 Å². The topological polar surface area (TPSA) is 63.2 Å². The number of hydrogen-bond donors (Lipinski definition) is 1. The van der Waals surface area contributed by atoms with E-state index in [-0.39, 0.29) is 0 Å². The molecule has 1 atom stereocenters. The van der Waals surface area contributed by atoms with E-state index in [0.717, 1.165) is 28.3 Å². The van der Waals surface area contributed by atoms with E-state index in [0.29, 0.717) is 16.7 Å². The Morgan fingerprint density at radius 3 is 2.45 bits per heavy atom. The Kier molecular flexibility index (Phi) is 5.88. The second-order valence-electron chi connectivity index (χ2n) is 8.20. The third-order valence-corrected chi connectivity index (χ3v) is 6.44. The zero-order valence-corrected chi connectivity index (χ0v) is 19.6. The van der Waals surface area contributed by atoms with Crippen LogP contribution in [0.5, 0.6) is 5.88 Å². The van der Waals surface area contributed by atoms with E-state index < -0.39 is 6.23 Å². The molecular formula is C26H25N5OS. The summed E-state index contributed by atoms with van der Waals surface area (Å²) in [4.78, 5) is 6.82. The summed E-state index contributed by atoms with van der Waals surface area (Å²) in [5.74, 6) is 1.25. The molecule has 1 aliphatic heterocycles. The van der Waals surface area contributed by atoms with Gasteiger partial charge in [0.15, 0.2) is 11.9 Å². The maximum atomic E-state index is 6.38. The molecule has 0 spiro atoms. The summed E-state index contributed by atoms with van der Waals surface area (Å²) in [5, 5.41) is 13.0. The van der Waals surface area contributed by atoms with Crippen LogP contribution in [-0.2, 0) is 5.75 Å². The highest BCUT2D eigenvalue weighted by Gasteiger charge is 2.26. The summed E-state index contributed by atoms with van der Waals surface area (Å²) < 4.78 is 6.38. The van der Waals surface area contributed by atoms with E-state index in [1.54, 1.807) is 11.8 Å². The molecule has 5 rings (SSSR count). The molecule has 7 heteroatoms. The first-order valence-electron chi connectivity index (χ1n) is 10.8. The fourth-order valence-corrected chi connectivity index (χ4v) is 4.37. The summed E-state index contributed by atoms with van der Waals surface area (Å²) in [6.45, 7) is 2.09. The molecule has 0 radical (unpaired) electrons. The molecule has 3 aromatic carbocycles. The molecule has 0 amide bonds. The second kappa shape index (κ2) is 9.11. The first kappa shape index (κ1) is 21.3. The van der Waals surface area contributed by atoms with Crippen LogP contribution < -0.4 is 15.0 Å². The van der Waals surface area contributed by atoms with E-state index >= 15 is 0 Å². The van der Waals surface area contributed by atoms with Gasteiger partial charge in [-0.15, -0.1) is 10.2 Å². The summed E-state index contributed by atoms with van der Waals surface area (Å²) in [6, 6.07) is 24.8. The molecule has 0 fully saturated rings. The summed E-state index contributed by atoms with van der Waals surface area (Å²) in [5.41, 5.74) is 7.11. The highest BCUT2D eigenvalue weighted by atomic mass is 32.2. The van der Waals surface area contributed by atoms with Crippen molar-refractivity contribution in [2.24, 2.45) is 0 Å². The van der Waals surface area contributed by atoms with Gasteiger partial charge in [0.2, 0.25) is 11.0 Å². The molecule has 1 N–H and O–H groups in total.